The lowest BCUT2D eigenvalue weighted by atomic mass is 9.97. The second-order valence-corrected chi connectivity index (χ2v) is 4.37. The van der Waals surface area contributed by atoms with E-state index in [1.54, 1.807) is 0 Å². The molecule has 2 N–H and O–H groups in total. The maximum absolute atomic E-state index is 5.37. The minimum atomic E-state index is 0.679. The van der Waals surface area contributed by atoms with Gasteiger partial charge in [0.1, 0.15) is 0 Å². The molecule has 1 unspecified atom stereocenters. The Morgan fingerprint density at radius 3 is 2.31 bits per heavy atom. The van der Waals surface area contributed by atoms with Crippen molar-refractivity contribution >= 4 is 0 Å². The summed E-state index contributed by atoms with van der Waals surface area (Å²) in [6.07, 6.45) is 9.54. The van der Waals surface area contributed by atoms with Crippen molar-refractivity contribution in [3.05, 3.63) is 12.2 Å². The lowest BCUT2D eigenvalue weighted by molar-refractivity contribution is 0.460. The van der Waals surface area contributed by atoms with Crippen LogP contribution in [0.2, 0.25) is 0 Å². The predicted molar refractivity (Wildman–Crippen MR) is 60.7 cm³/mol. The van der Waals surface area contributed by atoms with Gasteiger partial charge in [0.2, 0.25) is 0 Å². The summed E-state index contributed by atoms with van der Waals surface area (Å²) in [5.74, 6) is 1.67. The number of hydrogen-bond acceptors (Lipinski definition) is 1. The van der Waals surface area contributed by atoms with Gasteiger partial charge in [-0.05, 0) is 18.3 Å². The van der Waals surface area contributed by atoms with Gasteiger partial charge in [-0.15, -0.1) is 0 Å². The molecule has 0 bridgehead atoms. The van der Waals surface area contributed by atoms with Crippen molar-refractivity contribution in [1.82, 2.24) is 0 Å². The smallest absolute Gasteiger partial charge is 0.0106 e. The fourth-order valence-corrected chi connectivity index (χ4v) is 1.42. The maximum Gasteiger partial charge on any atom is 0.0106 e. The molecule has 1 atom stereocenters. The van der Waals surface area contributed by atoms with Gasteiger partial charge < -0.3 is 5.73 Å². The Kier molecular flexibility index (Phi) is 8.11. The number of allylic oxidation sites excluding steroid dienone is 1. The summed E-state index contributed by atoms with van der Waals surface area (Å²) in [5, 5.41) is 0. The van der Waals surface area contributed by atoms with E-state index in [9.17, 15) is 0 Å². The molecule has 0 saturated carbocycles. The van der Waals surface area contributed by atoms with Crippen LogP contribution in [0.1, 0.15) is 46.5 Å². The zero-order chi connectivity index (χ0) is 10.1. The van der Waals surface area contributed by atoms with E-state index in [1.165, 1.54) is 25.7 Å². The first kappa shape index (κ1) is 12.7. The fourth-order valence-electron chi connectivity index (χ4n) is 1.42. The number of rotatable bonds is 7. The van der Waals surface area contributed by atoms with Crippen molar-refractivity contribution in [3.63, 3.8) is 0 Å². The molecule has 0 aliphatic rings. The molecule has 0 spiro atoms. The molecule has 0 fully saturated rings. The second-order valence-electron chi connectivity index (χ2n) is 4.37. The highest BCUT2D eigenvalue weighted by atomic mass is 14.5. The lowest BCUT2D eigenvalue weighted by Crippen LogP contribution is -1.96. The minimum absolute atomic E-state index is 0.679. The molecule has 0 saturated heterocycles. The quantitative estimate of drug-likeness (QED) is 0.602. The topological polar surface area (TPSA) is 26.0 Å². The van der Waals surface area contributed by atoms with Crippen LogP contribution in [0.5, 0.6) is 0 Å². The Morgan fingerprint density at radius 1 is 1.08 bits per heavy atom. The molecule has 1 heteroatoms. The zero-order valence-electron chi connectivity index (χ0n) is 9.42. The normalized spacial score (nSPS) is 14.2. The molecule has 78 valence electrons. The van der Waals surface area contributed by atoms with Crippen LogP contribution >= 0.6 is 0 Å². The Bertz CT molecular complexity index is 127. The van der Waals surface area contributed by atoms with Crippen molar-refractivity contribution in [2.75, 3.05) is 6.54 Å². The number of nitrogens with two attached hydrogens (primary N) is 1. The van der Waals surface area contributed by atoms with Crippen molar-refractivity contribution < 1.29 is 0 Å². The molecule has 0 rings (SSSR count). The first-order chi connectivity index (χ1) is 6.16. The van der Waals surface area contributed by atoms with Gasteiger partial charge in [0.15, 0.2) is 0 Å². The van der Waals surface area contributed by atoms with Crippen molar-refractivity contribution in [3.8, 4) is 0 Å². The molecule has 0 heterocycles. The first-order valence-electron chi connectivity index (χ1n) is 5.51. The van der Waals surface area contributed by atoms with E-state index in [2.05, 4.69) is 32.9 Å². The lowest BCUT2D eigenvalue weighted by Gasteiger charge is -2.09. The Labute approximate surface area is 83.4 Å². The molecule has 0 radical (unpaired) electrons. The molecule has 13 heavy (non-hydrogen) atoms. The maximum atomic E-state index is 5.37. The molecular weight excluding hydrogens is 158 g/mol. The van der Waals surface area contributed by atoms with E-state index in [0.717, 1.165) is 11.8 Å². The monoisotopic (exact) mass is 183 g/mol. The van der Waals surface area contributed by atoms with Gasteiger partial charge in [0, 0.05) is 6.54 Å². The molecule has 0 aromatic heterocycles. The highest BCUT2D eigenvalue weighted by molar-refractivity contribution is 4.83. The van der Waals surface area contributed by atoms with E-state index in [4.69, 9.17) is 5.73 Å². The molecule has 1 nitrogen and oxygen atoms in total. The SMILES string of the molecule is CC(C)CCCC(C)CC=CCN. The standard InChI is InChI=1S/C12H25N/c1-11(2)7-6-9-12(3)8-4-5-10-13/h4-5,11-12H,6-10,13H2,1-3H3. The average molecular weight is 183 g/mol. The summed E-state index contributed by atoms with van der Waals surface area (Å²) in [5.41, 5.74) is 5.37. The Morgan fingerprint density at radius 2 is 1.77 bits per heavy atom. The zero-order valence-corrected chi connectivity index (χ0v) is 9.42. The summed E-state index contributed by atoms with van der Waals surface area (Å²) >= 11 is 0. The predicted octanol–water partition coefficient (Wildman–Crippen LogP) is 3.35. The van der Waals surface area contributed by atoms with Crippen LogP contribution in [-0.2, 0) is 0 Å². The van der Waals surface area contributed by atoms with Gasteiger partial charge in [-0.1, -0.05) is 52.2 Å². The van der Waals surface area contributed by atoms with E-state index < -0.39 is 0 Å². The van der Waals surface area contributed by atoms with Crippen LogP contribution in [0.4, 0.5) is 0 Å². The van der Waals surface area contributed by atoms with Crippen LogP contribution in [0.25, 0.3) is 0 Å². The Balaban J connectivity index is 3.29. The summed E-state index contributed by atoms with van der Waals surface area (Å²) in [6, 6.07) is 0. The van der Waals surface area contributed by atoms with Crippen LogP contribution in [-0.4, -0.2) is 6.54 Å². The minimum Gasteiger partial charge on any atom is -0.327 e. The molecule has 0 aliphatic carbocycles. The third-order valence-corrected chi connectivity index (χ3v) is 2.32. The average Bonchev–Trinajstić information content (AvgIpc) is 2.04. The molecule has 0 amide bonds. The summed E-state index contributed by atoms with van der Waals surface area (Å²) in [6.45, 7) is 7.58. The summed E-state index contributed by atoms with van der Waals surface area (Å²) < 4.78 is 0. The van der Waals surface area contributed by atoms with Crippen LogP contribution in [0.3, 0.4) is 0 Å². The highest BCUT2D eigenvalue weighted by Crippen LogP contribution is 2.15. The van der Waals surface area contributed by atoms with Crippen molar-refractivity contribution in [1.29, 1.82) is 0 Å². The van der Waals surface area contributed by atoms with Crippen molar-refractivity contribution in [2.45, 2.75) is 46.5 Å². The van der Waals surface area contributed by atoms with Gasteiger partial charge >= 0.3 is 0 Å². The Hall–Kier alpha value is -0.300. The highest BCUT2D eigenvalue weighted by Gasteiger charge is 2.00. The molecule has 0 aromatic carbocycles. The molecular formula is C12H25N. The largest absolute Gasteiger partial charge is 0.327 e. The molecule has 0 aromatic rings. The van der Waals surface area contributed by atoms with Gasteiger partial charge in [-0.25, -0.2) is 0 Å². The second kappa shape index (κ2) is 8.31. The third kappa shape index (κ3) is 9.62. The number of hydrogen-bond donors (Lipinski definition) is 1. The van der Waals surface area contributed by atoms with Crippen LogP contribution in [0.15, 0.2) is 12.2 Å². The van der Waals surface area contributed by atoms with Gasteiger partial charge in [-0.2, -0.15) is 0 Å². The van der Waals surface area contributed by atoms with Gasteiger partial charge in [-0.3, -0.25) is 0 Å². The van der Waals surface area contributed by atoms with Crippen LogP contribution in [0, 0.1) is 11.8 Å². The van der Waals surface area contributed by atoms with Crippen molar-refractivity contribution in [2.24, 2.45) is 17.6 Å². The van der Waals surface area contributed by atoms with E-state index in [0.29, 0.717) is 6.54 Å². The van der Waals surface area contributed by atoms with E-state index in [-0.39, 0.29) is 0 Å². The summed E-state index contributed by atoms with van der Waals surface area (Å²) in [7, 11) is 0. The fraction of sp³-hybridized carbons (Fsp3) is 0.833. The van der Waals surface area contributed by atoms with Gasteiger partial charge in [0.05, 0.1) is 0 Å². The van der Waals surface area contributed by atoms with E-state index >= 15 is 0 Å². The van der Waals surface area contributed by atoms with Gasteiger partial charge in [0.25, 0.3) is 0 Å². The third-order valence-electron chi connectivity index (χ3n) is 2.32. The first-order valence-corrected chi connectivity index (χ1v) is 5.51. The van der Waals surface area contributed by atoms with E-state index in [1.807, 2.05) is 0 Å². The summed E-state index contributed by atoms with van der Waals surface area (Å²) in [4.78, 5) is 0. The molecule has 0 aliphatic heterocycles. The van der Waals surface area contributed by atoms with Crippen LogP contribution < -0.4 is 5.73 Å².